The molecule has 0 aliphatic carbocycles. The minimum Gasteiger partial charge on any atom is -0.323 e. The van der Waals surface area contributed by atoms with Crippen LogP contribution in [0.1, 0.15) is 37.8 Å². The normalized spacial score (nSPS) is 23.6. The fraction of sp³-hybridized carbons (Fsp3) is 0.600. The van der Waals surface area contributed by atoms with Crippen molar-refractivity contribution in [3.63, 3.8) is 0 Å². The maximum absolute atomic E-state index is 13.6. The molecule has 2 nitrogen and oxygen atoms in total. The van der Waals surface area contributed by atoms with E-state index in [2.05, 4.69) is 11.8 Å². The number of nitrogens with zero attached hydrogens (tertiary/aromatic N) is 1. The zero-order chi connectivity index (χ0) is 13.0. The lowest BCUT2D eigenvalue weighted by Gasteiger charge is -2.24. The van der Waals surface area contributed by atoms with E-state index >= 15 is 0 Å². The first-order valence-electron chi connectivity index (χ1n) is 6.89. The second kappa shape index (κ2) is 6.30. The molecule has 0 amide bonds. The molecule has 1 aromatic carbocycles. The van der Waals surface area contributed by atoms with Gasteiger partial charge in [-0.25, -0.2) is 4.39 Å². The molecule has 2 unspecified atom stereocenters. The Hall–Kier alpha value is -0.930. The molecule has 0 bridgehead atoms. The molecule has 1 aliphatic heterocycles. The van der Waals surface area contributed by atoms with Gasteiger partial charge in [-0.15, -0.1) is 0 Å². The maximum atomic E-state index is 13.6. The Bertz CT molecular complexity index is 381. The standard InChI is InChI=1S/C15H23FN2/c1-12-5-4-9-18(10-8-12)11-15(17)13-6-2-3-7-14(13)16/h2-3,6-7,12,15H,4-5,8-11,17H2,1H3. The summed E-state index contributed by atoms with van der Waals surface area (Å²) in [6, 6.07) is 6.61. The van der Waals surface area contributed by atoms with Gasteiger partial charge in [-0.2, -0.15) is 0 Å². The van der Waals surface area contributed by atoms with Gasteiger partial charge in [0.05, 0.1) is 0 Å². The highest BCUT2D eigenvalue weighted by molar-refractivity contribution is 5.21. The van der Waals surface area contributed by atoms with E-state index in [0.29, 0.717) is 5.56 Å². The Morgan fingerprint density at radius 2 is 2.11 bits per heavy atom. The van der Waals surface area contributed by atoms with Gasteiger partial charge in [0, 0.05) is 18.2 Å². The Morgan fingerprint density at radius 3 is 2.89 bits per heavy atom. The Balaban J connectivity index is 1.94. The molecule has 18 heavy (non-hydrogen) atoms. The predicted molar refractivity (Wildman–Crippen MR) is 72.8 cm³/mol. The summed E-state index contributed by atoms with van der Waals surface area (Å²) in [6.45, 7) is 5.24. The van der Waals surface area contributed by atoms with Gasteiger partial charge in [0.15, 0.2) is 0 Å². The number of nitrogens with two attached hydrogens (primary N) is 1. The molecule has 1 heterocycles. The van der Waals surface area contributed by atoms with Crippen molar-refractivity contribution in [2.75, 3.05) is 19.6 Å². The van der Waals surface area contributed by atoms with E-state index in [1.165, 1.54) is 25.3 Å². The first kappa shape index (κ1) is 13.5. The lowest BCUT2D eigenvalue weighted by molar-refractivity contribution is 0.263. The number of hydrogen-bond donors (Lipinski definition) is 1. The van der Waals surface area contributed by atoms with Crippen LogP contribution >= 0.6 is 0 Å². The van der Waals surface area contributed by atoms with Crippen LogP contribution in [0.15, 0.2) is 24.3 Å². The second-order valence-corrected chi connectivity index (χ2v) is 5.46. The molecule has 1 aliphatic rings. The van der Waals surface area contributed by atoms with Crippen molar-refractivity contribution in [3.8, 4) is 0 Å². The summed E-state index contributed by atoms with van der Waals surface area (Å²) < 4.78 is 13.6. The van der Waals surface area contributed by atoms with Crippen molar-refractivity contribution in [2.45, 2.75) is 32.2 Å². The summed E-state index contributed by atoms with van der Waals surface area (Å²) in [5, 5.41) is 0. The van der Waals surface area contributed by atoms with E-state index in [-0.39, 0.29) is 11.9 Å². The Labute approximate surface area is 109 Å². The van der Waals surface area contributed by atoms with Gasteiger partial charge < -0.3 is 10.6 Å². The fourth-order valence-electron chi connectivity index (χ4n) is 2.66. The van der Waals surface area contributed by atoms with Crippen LogP contribution < -0.4 is 5.73 Å². The summed E-state index contributed by atoms with van der Waals surface area (Å²) >= 11 is 0. The Morgan fingerprint density at radius 1 is 1.33 bits per heavy atom. The second-order valence-electron chi connectivity index (χ2n) is 5.46. The van der Waals surface area contributed by atoms with Crippen LogP contribution in [0, 0.1) is 11.7 Å². The molecule has 100 valence electrons. The van der Waals surface area contributed by atoms with E-state index < -0.39 is 0 Å². The number of halogens is 1. The van der Waals surface area contributed by atoms with Crippen molar-refractivity contribution in [1.29, 1.82) is 0 Å². The van der Waals surface area contributed by atoms with Crippen molar-refractivity contribution in [1.82, 2.24) is 4.90 Å². The van der Waals surface area contributed by atoms with Gasteiger partial charge >= 0.3 is 0 Å². The number of rotatable bonds is 3. The molecular weight excluding hydrogens is 227 g/mol. The van der Waals surface area contributed by atoms with Crippen LogP contribution in [0.5, 0.6) is 0 Å². The van der Waals surface area contributed by atoms with Crippen LogP contribution in [0.3, 0.4) is 0 Å². The third-order valence-electron chi connectivity index (χ3n) is 3.87. The van der Waals surface area contributed by atoms with Crippen molar-refractivity contribution in [2.24, 2.45) is 11.7 Å². The molecule has 2 rings (SSSR count). The molecule has 2 N–H and O–H groups in total. The van der Waals surface area contributed by atoms with Gasteiger partial charge in [0.2, 0.25) is 0 Å². The van der Waals surface area contributed by atoms with Crippen LogP contribution in [-0.2, 0) is 0 Å². The van der Waals surface area contributed by atoms with Crippen LogP contribution in [0.2, 0.25) is 0 Å². The molecule has 0 saturated carbocycles. The van der Waals surface area contributed by atoms with Gasteiger partial charge in [0.1, 0.15) is 5.82 Å². The van der Waals surface area contributed by atoms with Crippen molar-refractivity contribution >= 4 is 0 Å². The first-order chi connectivity index (χ1) is 8.66. The molecule has 1 saturated heterocycles. The summed E-state index contributed by atoms with van der Waals surface area (Å²) in [4.78, 5) is 2.38. The zero-order valence-corrected chi connectivity index (χ0v) is 11.1. The molecule has 0 spiro atoms. The highest BCUT2D eigenvalue weighted by atomic mass is 19.1. The number of likely N-dealkylation sites (tertiary alicyclic amines) is 1. The van der Waals surface area contributed by atoms with Gasteiger partial charge in [-0.05, 0) is 44.3 Å². The summed E-state index contributed by atoms with van der Waals surface area (Å²) in [7, 11) is 0. The third-order valence-corrected chi connectivity index (χ3v) is 3.87. The van der Waals surface area contributed by atoms with E-state index in [0.717, 1.165) is 25.6 Å². The van der Waals surface area contributed by atoms with Gasteiger partial charge in [0.25, 0.3) is 0 Å². The largest absolute Gasteiger partial charge is 0.323 e. The average Bonchev–Trinajstić information content (AvgIpc) is 2.55. The smallest absolute Gasteiger partial charge is 0.128 e. The summed E-state index contributed by atoms with van der Waals surface area (Å²) in [5.41, 5.74) is 6.76. The average molecular weight is 250 g/mol. The SMILES string of the molecule is CC1CCCN(CC(N)c2ccccc2F)CC1. The van der Waals surface area contributed by atoms with Crippen LogP contribution in [0.4, 0.5) is 4.39 Å². The highest BCUT2D eigenvalue weighted by Gasteiger charge is 2.18. The fourth-order valence-corrected chi connectivity index (χ4v) is 2.66. The van der Waals surface area contributed by atoms with E-state index in [9.17, 15) is 4.39 Å². The van der Waals surface area contributed by atoms with Crippen molar-refractivity contribution < 1.29 is 4.39 Å². The highest BCUT2D eigenvalue weighted by Crippen LogP contribution is 2.20. The van der Waals surface area contributed by atoms with Gasteiger partial charge in [-0.1, -0.05) is 25.1 Å². The minimum atomic E-state index is -0.223. The van der Waals surface area contributed by atoms with E-state index in [4.69, 9.17) is 5.73 Å². The van der Waals surface area contributed by atoms with E-state index in [1.54, 1.807) is 12.1 Å². The molecule has 0 radical (unpaired) electrons. The number of benzene rings is 1. The molecule has 3 heteroatoms. The van der Waals surface area contributed by atoms with Crippen LogP contribution in [0.25, 0.3) is 0 Å². The summed E-state index contributed by atoms with van der Waals surface area (Å²) in [5.74, 6) is 0.618. The quantitative estimate of drug-likeness (QED) is 0.893. The third kappa shape index (κ3) is 3.53. The Kier molecular flexibility index (Phi) is 4.72. The maximum Gasteiger partial charge on any atom is 0.128 e. The number of hydrogen-bond acceptors (Lipinski definition) is 2. The minimum absolute atomic E-state index is 0.187. The lowest BCUT2D eigenvalue weighted by Crippen LogP contribution is -2.33. The molecular formula is C15H23FN2. The van der Waals surface area contributed by atoms with E-state index in [1.807, 2.05) is 6.07 Å². The van der Waals surface area contributed by atoms with Gasteiger partial charge in [-0.3, -0.25) is 0 Å². The molecule has 2 atom stereocenters. The summed E-state index contributed by atoms with van der Waals surface area (Å²) in [6.07, 6.45) is 3.75. The lowest BCUT2D eigenvalue weighted by atomic mass is 10.0. The van der Waals surface area contributed by atoms with Crippen LogP contribution in [-0.4, -0.2) is 24.5 Å². The first-order valence-corrected chi connectivity index (χ1v) is 6.89. The predicted octanol–water partition coefficient (Wildman–Crippen LogP) is 2.95. The molecule has 1 fully saturated rings. The topological polar surface area (TPSA) is 29.3 Å². The molecule has 1 aromatic rings. The zero-order valence-electron chi connectivity index (χ0n) is 11.1. The van der Waals surface area contributed by atoms with Crippen molar-refractivity contribution in [3.05, 3.63) is 35.6 Å². The molecule has 0 aromatic heterocycles. The monoisotopic (exact) mass is 250 g/mol.